The molecule has 1 aromatic heterocycles. The fraction of sp³-hybridized carbons (Fsp3) is 0.211. The Bertz CT molecular complexity index is 915. The highest BCUT2D eigenvalue weighted by Crippen LogP contribution is 2.37. The highest BCUT2D eigenvalue weighted by Gasteiger charge is 2.28. The van der Waals surface area contributed by atoms with Crippen LogP contribution in [-0.4, -0.2) is 28.5 Å². The highest BCUT2D eigenvalue weighted by molar-refractivity contribution is 6.35. The summed E-state index contributed by atoms with van der Waals surface area (Å²) in [5.41, 5.74) is 7.95. The number of imidazole rings is 1. The zero-order chi connectivity index (χ0) is 20.0. The quantitative estimate of drug-likeness (QED) is 0.620. The molecule has 5 N–H and O–H groups in total. The van der Waals surface area contributed by atoms with Crippen LogP contribution in [0.3, 0.4) is 0 Å². The number of hydrogen-bond acceptors (Lipinski definition) is 3. The van der Waals surface area contributed by atoms with Gasteiger partial charge in [0.2, 0.25) is 0 Å². The number of nitrogens with zero attached hydrogens (tertiary/aromatic N) is 1. The van der Waals surface area contributed by atoms with Gasteiger partial charge in [0, 0.05) is 29.1 Å². The summed E-state index contributed by atoms with van der Waals surface area (Å²) in [6, 6.07) is 2.12. The summed E-state index contributed by atoms with van der Waals surface area (Å²) < 4.78 is 14.3. The van der Waals surface area contributed by atoms with Crippen LogP contribution >= 0.6 is 0 Å². The van der Waals surface area contributed by atoms with Crippen molar-refractivity contribution in [1.29, 1.82) is 0 Å². The number of nitrogens with one attached hydrogen (secondary N) is 3. The van der Waals surface area contributed by atoms with Crippen LogP contribution in [-0.2, 0) is 4.79 Å². The topological polar surface area (TPSA) is 113 Å². The summed E-state index contributed by atoms with van der Waals surface area (Å²) in [5, 5.41) is 5.11. The number of nitrogens with two attached hydrogens (primary N) is 1. The number of primary amides is 1. The van der Waals surface area contributed by atoms with Gasteiger partial charge in [-0.1, -0.05) is 26.0 Å². The van der Waals surface area contributed by atoms with E-state index >= 15 is 0 Å². The highest BCUT2D eigenvalue weighted by atomic mass is 19.1. The van der Waals surface area contributed by atoms with Crippen molar-refractivity contribution >= 4 is 35.4 Å². The molecule has 3 amide bonds. The Hall–Kier alpha value is -3.42. The standard InChI is InChI=1S/C17H16FN5O2.C2H6/c1-9-14(22-8-21-9)7-11-15-10(3-2-6-20-17(19)25)12(18)4-5-13(15)23-16(11)24;1-2/h2-5,7-8H,6H2,1H3,(H,21,22)(H,23,24)(H3,19,20,25);1-2H3/b3-2?,11-7-;. The molecule has 0 unspecified atom stereocenters. The van der Waals surface area contributed by atoms with E-state index in [1.165, 1.54) is 24.5 Å². The second-order valence-corrected chi connectivity index (χ2v) is 5.46. The van der Waals surface area contributed by atoms with E-state index in [0.717, 1.165) is 5.69 Å². The van der Waals surface area contributed by atoms with E-state index in [0.29, 0.717) is 22.5 Å². The summed E-state index contributed by atoms with van der Waals surface area (Å²) in [6.45, 7) is 5.98. The summed E-state index contributed by atoms with van der Waals surface area (Å²) >= 11 is 0. The molecule has 0 fully saturated rings. The number of carbonyl (C=O) groups is 2. The first-order valence-corrected chi connectivity index (χ1v) is 8.53. The van der Waals surface area contributed by atoms with E-state index in [2.05, 4.69) is 20.6 Å². The van der Waals surface area contributed by atoms with Crippen LogP contribution in [0.15, 0.2) is 24.5 Å². The van der Waals surface area contributed by atoms with Crippen molar-refractivity contribution in [3.63, 3.8) is 0 Å². The lowest BCUT2D eigenvalue weighted by Gasteiger charge is -2.06. The van der Waals surface area contributed by atoms with Crippen molar-refractivity contribution < 1.29 is 14.0 Å². The number of aromatic nitrogens is 2. The molecule has 0 saturated carbocycles. The maximum absolute atomic E-state index is 14.3. The number of hydrogen-bond donors (Lipinski definition) is 4. The molecule has 142 valence electrons. The van der Waals surface area contributed by atoms with Gasteiger partial charge in [0.25, 0.3) is 5.91 Å². The molecular formula is C19H22FN5O2. The van der Waals surface area contributed by atoms with E-state index in [1.807, 2.05) is 20.8 Å². The van der Waals surface area contributed by atoms with Crippen molar-refractivity contribution in [2.24, 2.45) is 5.73 Å². The number of aryl methyl sites for hydroxylation is 1. The van der Waals surface area contributed by atoms with Gasteiger partial charge in [-0.3, -0.25) is 4.79 Å². The van der Waals surface area contributed by atoms with Gasteiger partial charge in [-0.25, -0.2) is 14.2 Å². The molecule has 0 atom stereocenters. The number of urea groups is 1. The van der Waals surface area contributed by atoms with Crippen LogP contribution in [0.4, 0.5) is 14.9 Å². The number of aromatic amines is 1. The lowest BCUT2D eigenvalue weighted by Crippen LogP contribution is -2.29. The molecule has 0 aliphatic carbocycles. The third-order valence-corrected chi connectivity index (χ3v) is 3.78. The number of H-pyrrole nitrogens is 1. The van der Waals surface area contributed by atoms with Gasteiger partial charge in [0.1, 0.15) is 5.82 Å². The summed E-state index contributed by atoms with van der Waals surface area (Å²) in [7, 11) is 0. The molecule has 2 heterocycles. The molecule has 0 saturated heterocycles. The number of anilines is 1. The van der Waals surface area contributed by atoms with Crippen molar-refractivity contribution in [2.75, 3.05) is 11.9 Å². The maximum Gasteiger partial charge on any atom is 0.312 e. The zero-order valence-corrected chi connectivity index (χ0v) is 15.4. The Kier molecular flexibility index (Phi) is 6.48. The van der Waals surface area contributed by atoms with E-state index in [-0.39, 0.29) is 18.0 Å². The van der Waals surface area contributed by atoms with Crippen LogP contribution in [0.1, 0.15) is 36.4 Å². The maximum atomic E-state index is 14.3. The Labute approximate surface area is 156 Å². The van der Waals surface area contributed by atoms with Crippen molar-refractivity contribution in [2.45, 2.75) is 20.8 Å². The van der Waals surface area contributed by atoms with Gasteiger partial charge in [-0.15, -0.1) is 0 Å². The van der Waals surface area contributed by atoms with Gasteiger partial charge in [-0.05, 0) is 25.1 Å². The van der Waals surface area contributed by atoms with Gasteiger partial charge in [0.05, 0.1) is 17.6 Å². The Balaban J connectivity index is 0.00000126. The number of benzene rings is 1. The van der Waals surface area contributed by atoms with Gasteiger partial charge in [0.15, 0.2) is 0 Å². The van der Waals surface area contributed by atoms with Gasteiger partial charge in [-0.2, -0.15) is 0 Å². The fourth-order valence-corrected chi connectivity index (χ4v) is 2.58. The molecule has 0 spiro atoms. The van der Waals surface area contributed by atoms with Crippen molar-refractivity contribution in [3.8, 4) is 0 Å². The molecule has 27 heavy (non-hydrogen) atoms. The number of rotatable bonds is 4. The average Bonchev–Trinajstić information content (AvgIpc) is 3.19. The summed E-state index contributed by atoms with van der Waals surface area (Å²) in [6.07, 6.45) is 6.21. The Morgan fingerprint density at radius 2 is 2.11 bits per heavy atom. The third kappa shape index (κ3) is 4.41. The predicted octanol–water partition coefficient (Wildman–Crippen LogP) is 3.06. The molecule has 1 aromatic carbocycles. The SMILES string of the molecule is CC.Cc1[nH]cnc1/C=C1\C(=O)Nc2ccc(F)c(C=CCNC(N)=O)c21. The minimum absolute atomic E-state index is 0.150. The number of carbonyl (C=O) groups excluding carboxylic acids is 2. The second-order valence-electron chi connectivity index (χ2n) is 5.46. The number of halogens is 1. The minimum atomic E-state index is -0.671. The van der Waals surface area contributed by atoms with Crippen molar-refractivity contribution in [3.05, 3.63) is 52.9 Å². The van der Waals surface area contributed by atoms with E-state index in [4.69, 9.17) is 5.73 Å². The predicted molar refractivity (Wildman–Crippen MR) is 104 cm³/mol. The molecule has 1 aliphatic rings. The van der Waals surface area contributed by atoms with Gasteiger partial charge >= 0.3 is 6.03 Å². The second kappa shape index (κ2) is 8.79. The Morgan fingerprint density at radius 1 is 1.37 bits per heavy atom. The van der Waals surface area contributed by atoms with E-state index in [1.54, 1.807) is 12.2 Å². The normalized spacial score (nSPS) is 13.9. The Morgan fingerprint density at radius 3 is 2.74 bits per heavy atom. The average molecular weight is 371 g/mol. The van der Waals surface area contributed by atoms with E-state index in [9.17, 15) is 14.0 Å². The molecule has 1 aliphatic heterocycles. The largest absolute Gasteiger partial charge is 0.352 e. The van der Waals surface area contributed by atoms with Crippen LogP contribution in [0.5, 0.6) is 0 Å². The summed E-state index contributed by atoms with van der Waals surface area (Å²) in [4.78, 5) is 30.1. The third-order valence-electron chi connectivity index (χ3n) is 3.78. The van der Waals surface area contributed by atoms with Crippen LogP contribution in [0, 0.1) is 12.7 Å². The summed E-state index contributed by atoms with van der Waals surface area (Å²) in [5.74, 6) is -0.803. The molecule has 7 nitrogen and oxygen atoms in total. The van der Waals surface area contributed by atoms with E-state index < -0.39 is 11.8 Å². The number of fused-ring (bicyclic) bond motifs is 1. The molecule has 2 aromatic rings. The molecule has 3 rings (SSSR count). The van der Waals surface area contributed by atoms with Gasteiger partial charge < -0.3 is 21.4 Å². The molecule has 0 radical (unpaired) electrons. The zero-order valence-electron chi connectivity index (χ0n) is 15.4. The van der Waals surface area contributed by atoms with Crippen LogP contribution in [0.25, 0.3) is 17.7 Å². The van der Waals surface area contributed by atoms with Crippen LogP contribution < -0.4 is 16.4 Å². The fourth-order valence-electron chi connectivity index (χ4n) is 2.58. The van der Waals surface area contributed by atoms with Crippen molar-refractivity contribution in [1.82, 2.24) is 15.3 Å². The minimum Gasteiger partial charge on any atom is -0.352 e. The molecule has 0 bridgehead atoms. The van der Waals surface area contributed by atoms with Crippen LogP contribution in [0.2, 0.25) is 0 Å². The monoisotopic (exact) mass is 371 g/mol. The first-order valence-electron chi connectivity index (χ1n) is 8.53. The first kappa shape index (κ1) is 19.9. The first-order chi connectivity index (χ1) is 13.0. The molecular weight excluding hydrogens is 349 g/mol. The smallest absolute Gasteiger partial charge is 0.312 e. The lowest BCUT2D eigenvalue weighted by molar-refractivity contribution is -0.110. The molecule has 8 heteroatoms. The number of amides is 3. The lowest BCUT2D eigenvalue weighted by atomic mass is 9.98.